The van der Waals surface area contributed by atoms with Gasteiger partial charge in [-0.1, -0.05) is 0 Å². The zero-order valence-electron chi connectivity index (χ0n) is 12.9. The highest BCUT2D eigenvalue weighted by atomic mass is 16.8. The van der Waals surface area contributed by atoms with Crippen LogP contribution in [0.3, 0.4) is 0 Å². The number of hydrogen-bond donors (Lipinski definition) is 8. The molecule has 2 unspecified atom stereocenters. The number of hydrogen-bond acceptors (Lipinski definition) is 11. The lowest BCUT2D eigenvalue weighted by Crippen LogP contribution is -2.63. The Balaban J connectivity index is 2.18. The maximum absolute atomic E-state index is 9.91. The minimum atomic E-state index is -2.76. The number of aliphatic hydroxyl groups is 8. The molecule has 11 heteroatoms. The standard InChI is InChI=1S/C12H22O11/c13-1-3-5(15)7(17)9(19)11(21-3)23-12-10(20)8(18)6(16)4(2-14)22-12/h3-20H,1-2H2/t3-,4-,5-,6-,7+,8+,9-,10-,11?,12?/m1/s1/i11D. The minimum Gasteiger partial charge on any atom is -0.394 e. The van der Waals surface area contributed by atoms with Crippen LogP contribution in [0.4, 0.5) is 0 Å². The Kier molecular flexibility index (Phi) is 5.77. The summed E-state index contributed by atoms with van der Waals surface area (Å²) in [6.45, 7) is -1.54. The quantitative estimate of drug-likeness (QED) is 0.243. The van der Waals surface area contributed by atoms with Crippen molar-refractivity contribution in [2.75, 3.05) is 13.2 Å². The SMILES string of the molecule is [2H]C1(OC2O[C@H](CO)[C@@H](O)[C@H](O)[C@H]2O)O[C@H](CO)[C@@H](O)[C@H](O)[C@H]1O. The summed E-state index contributed by atoms with van der Waals surface area (Å²) in [6, 6.07) is 0. The molecule has 0 aromatic rings. The van der Waals surface area contributed by atoms with Gasteiger partial charge in [-0.2, -0.15) is 0 Å². The Morgan fingerprint density at radius 3 is 1.70 bits per heavy atom. The smallest absolute Gasteiger partial charge is 0.189 e. The predicted octanol–water partition coefficient (Wildman–Crippen LogP) is -5.40. The van der Waals surface area contributed by atoms with E-state index in [0.717, 1.165) is 0 Å². The first-order valence-corrected chi connectivity index (χ1v) is 6.97. The van der Waals surface area contributed by atoms with Crippen LogP contribution in [-0.4, -0.2) is 115 Å². The lowest BCUT2D eigenvalue weighted by Gasteiger charge is -2.44. The van der Waals surface area contributed by atoms with Crippen molar-refractivity contribution in [1.29, 1.82) is 0 Å². The highest BCUT2D eigenvalue weighted by molar-refractivity contribution is 4.92. The van der Waals surface area contributed by atoms with E-state index in [1.165, 1.54) is 0 Å². The Bertz CT molecular complexity index is 424. The van der Waals surface area contributed by atoms with E-state index in [4.69, 9.17) is 25.8 Å². The van der Waals surface area contributed by atoms with Crippen LogP contribution < -0.4 is 0 Å². The highest BCUT2D eigenvalue weighted by Crippen LogP contribution is 2.27. The molecule has 23 heavy (non-hydrogen) atoms. The van der Waals surface area contributed by atoms with Gasteiger partial charge in [-0.05, 0) is 0 Å². The summed E-state index contributed by atoms with van der Waals surface area (Å²) in [5.74, 6) is 0. The molecule has 2 rings (SSSR count). The summed E-state index contributed by atoms with van der Waals surface area (Å²) in [4.78, 5) is 0. The molecule has 136 valence electrons. The van der Waals surface area contributed by atoms with Crippen LogP contribution in [0.25, 0.3) is 0 Å². The maximum Gasteiger partial charge on any atom is 0.189 e. The molecule has 0 aromatic carbocycles. The number of rotatable bonds is 4. The third-order valence-electron chi connectivity index (χ3n) is 3.82. The van der Waals surface area contributed by atoms with Crippen molar-refractivity contribution in [3.63, 3.8) is 0 Å². The van der Waals surface area contributed by atoms with Crippen LogP contribution in [0.2, 0.25) is 0 Å². The summed E-state index contributed by atoms with van der Waals surface area (Å²) in [5, 5.41) is 76.7. The second kappa shape index (κ2) is 7.63. The van der Waals surface area contributed by atoms with E-state index in [2.05, 4.69) is 0 Å². The van der Waals surface area contributed by atoms with E-state index < -0.39 is 74.6 Å². The second-order valence-corrected chi connectivity index (χ2v) is 5.40. The summed E-state index contributed by atoms with van der Waals surface area (Å²) >= 11 is 0. The normalized spacial score (nSPS) is 55.5. The van der Waals surface area contributed by atoms with E-state index in [1.54, 1.807) is 0 Å². The van der Waals surface area contributed by atoms with Gasteiger partial charge in [0.2, 0.25) is 0 Å². The monoisotopic (exact) mass is 343 g/mol. The average Bonchev–Trinajstić information content (AvgIpc) is 2.57. The van der Waals surface area contributed by atoms with Gasteiger partial charge in [0.15, 0.2) is 12.6 Å². The molecule has 8 N–H and O–H groups in total. The lowest BCUT2D eigenvalue weighted by molar-refractivity contribution is -0.376. The van der Waals surface area contributed by atoms with Gasteiger partial charge in [0.05, 0.1) is 14.6 Å². The molecule has 0 radical (unpaired) electrons. The molecule has 0 bridgehead atoms. The van der Waals surface area contributed by atoms with Gasteiger partial charge in [0, 0.05) is 0 Å². The third-order valence-corrected chi connectivity index (χ3v) is 3.82. The van der Waals surface area contributed by atoms with E-state index >= 15 is 0 Å². The average molecular weight is 343 g/mol. The summed E-state index contributed by atoms with van der Waals surface area (Å²) < 4.78 is 22.9. The lowest BCUT2D eigenvalue weighted by atomic mass is 9.98. The summed E-state index contributed by atoms with van der Waals surface area (Å²) in [6.07, 6.45) is -18.4. The Morgan fingerprint density at radius 1 is 0.696 bits per heavy atom. The van der Waals surface area contributed by atoms with Gasteiger partial charge in [0.1, 0.15) is 48.8 Å². The van der Waals surface area contributed by atoms with Gasteiger partial charge in [-0.15, -0.1) is 0 Å². The first kappa shape index (κ1) is 17.4. The Labute approximate surface area is 132 Å². The molecule has 0 aromatic heterocycles. The Hall–Kier alpha value is -0.440. The third kappa shape index (κ3) is 3.65. The number of ether oxygens (including phenoxy) is 3. The Morgan fingerprint density at radius 2 is 1.17 bits per heavy atom. The van der Waals surface area contributed by atoms with Crippen LogP contribution in [0.1, 0.15) is 1.37 Å². The summed E-state index contributed by atoms with van der Waals surface area (Å²) in [5.41, 5.74) is 0. The van der Waals surface area contributed by atoms with Crippen molar-refractivity contribution in [2.45, 2.75) is 61.4 Å². The molecule has 0 spiro atoms. The van der Waals surface area contributed by atoms with E-state index in [-0.39, 0.29) is 0 Å². The minimum absolute atomic E-state index is 0.736. The molecule has 2 aliphatic rings. The first-order chi connectivity index (χ1) is 11.2. The van der Waals surface area contributed by atoms with Crippen LogP contribution in [-0.2, 0) is 14.2 Å². The molecule has 11 nitrogen and oxygen atoms in total. The fourth-order valence-corrected chi connectivity index (χ4v) is 2.36. The molecule has 2 heterocycles. The van der Waals surface area contributed by atoms with Crippen LogP contribution in [0.15, 0.2) is 0 Å². The van der Waals surface area contributed by atoms with E-state index in [1.807, 2.05) is 0 Å². The fourth-order valence-electron chi connectivity index (χ4n) is 2.36. The molecule has 2 fully saturated rings. The zero-order valence-corrected chi connectivity index (χ0v) is 11.9. The first-order valence-electron chi connectivity index (χ1n) is 7.47. The van der Waals surface area contributed by atoms with Crippen molar-refractivity contribution in [1.82, 2.24) is 0 Å². The van der Waals surface area contributed by atoms with Gasteiger partial charge in [0.25, 0.3) is 0 Å². The van der Waals surface area contributed by atoms with Gasteiger partial charge in [-0.3, -0.25) is 0 Å². The molecule has 0 aliphatic carbocycles. The van der Waals surface area contributed by atoms with Crippen molar-refractivity contribution < 1.29 is 56.4 Å². The molecule has 0 amide bonds. The molecular weight excluding hydrogens is 320 g/mol. The van der Waals surface area contributed by atoms with Gasteiger partial charge >= 0.3 is 0 Å². The van der Waals surface area contributed by atoms with Gasteiger partial charge in [-0.25, -0.2) is 0 Å². The molecular formula is C12H22O11. The molecule has 2 saturated heterocycles. The summed E-state index contributed by atoms with van der Waals surface area (Å²) in [7, 11) is 0. The highest BCUT2D eigenvalue weighted by Gasteiger charge is 2.49. The van der Waals surface area contributed by atoms with Crippen molar-refractivity contribution in [3.8, 4) is 0 Å². The largest absolute Gasteiger partial charge is 0.394 e. The van der Waals surface area contributed by atoms with Crippen LogP contribution in [0.5, 0.6) is 0 Å². The molecule has 2 aliphatic heterocycles. The molecule has 10 atom stereocenters. The van der Waals surface area contributed by atoms with Crippen molar-refractivity contribution in [3.05, 3.63) is 0 Å². The van der Waals surface area contributed by atoms with Crippen molar-refractivity contribution in [2.24, 2.45) is 0 Å². The predicted molar refractivity (Wildman–Crippen MR) is 68.6 cm³/mol. The van der Waals surface area contributed by atoms with Gasteiger partial charge < -0.3 is 55.1 Å². The maximum atomic E-state index is 9.91. The van der Waals surface area contributed by atoms with E-state index in [0.29, 0.717) is 0 Å². The zero-order chi connectivity index (χ0) is 18.2. The van der Waals surface area contributed by atoms with E-state index in [9.17, 15) is 30.6 Å². The van der Waals surface area contributed by atoms with Crippen molar-refractivity contribution >= 4 is 0 Å². The van der Waals surface area contributed by atoms with Crippen LogP contribution >= 0.6 is 0 Å². The fraction of sp³-hybridized carbons (Fsp3) is 1.00. The molecule has 0 saturated carbocycles. The van der Waals surface area contributed by atoms with Crippen LogP contribution in [0, 0.1) is 0 Å². The second-order valence-electron chi connectivity index (χ2n) is 5.40. The topological polar surface area (TPSA) is 190 Å². The number of aliphatic hydroxyl groups excluding tert-OH is 8.